The molecule has 4 nitrogen and oxygen atoms in total. The molecule has 0 bridgehead atoms. The molecule has 1 aromatic rings. The number of carbonyl (C=O) groups excluding carboxylic acids is 1. The fraction of sp³-hybridized carbons (Fsp3) is 0.632. The number of benzene rings is 1. The van der Waals surface area contributed by atoms with Gasteiger partial charge in [0.1, 0.15) is 11.6 Å². The van der Waals surface area contributed by atoms with E-state index < -0.39 is 17.7 Å². The number of rotatable bonds is 4. The largest absolute Gasteiger partial charge is 0.331 e. The summed E-state index contributed by atoms with van der Waals surface area (Å²) < 4.78 is 27.7. The molecule has 1 N–H and O–H groups in total. The van der Waals surface area contributed by atoms with Gasteiger partial charge in [0.25, 0.3) is 0 Å². The Hall–Kier alpha value is -1.69. The SMILES string of the molecule is O=C(N[C@H](c1cc(F)ccc1F)C1CC1)N1CC[C@@H](N2CCCC2)C1. The summed E-state index contributed by atoms with van der Waals surface area (Å²) in [4.78, 5) is 17.0. The van der Waals surface area contributed by atoms with E-state index in [1.807, 2.05) is 4.90 Å². The Kier molecular flexibility index (Phi) is 4.63. The molecule has 1 saturated carbocycles. The monoisotopic (exact) mass is 349 g/mol. The normalized spacial score (nSPS) is 25.4. The fourth-order valence-corrected chi connectivity index (χ4v) is 4.19. The van der Waals surface area contributed by atoms with E-state index in [0.717, 1.165) is 57.6 Å². The van der Waals surface area contributed by atoms with Crippen molar-refractivity contribution in [3.05, 3.63) is 35.4 Å². The minimum absolute atomic E-state index is 0.151. The Bertz CT molecular complexity index is 644. The maximum Gasteiger partial charge on any atom is 0.317 e. The molecule has 2 amide bonds. The van der Waals surface area contributed by atoms with Crippen LogP contribution in [0.3, 0.4) is 0 Å². The van der Waals surface area contributed by atoms with Gasteiger partial charge in [0, 0.05) is 24.7 Å². The van der Waals surface area contributed by atoms with Gasteiger partial charge in [0.05, 0.1) is 6.04 Å². The predicted molar refractivity (Wildman–Crippen MR) is 91.1 cm³/mol. The fourth-order valence-electron chi connectivity index (χ4n) is 4.19. The number of urea groups is 1. The molecule has 1 aromatic carbocycles. The van der Waals surface area contributed by atoms with Crippen LogP contribution in [0.2, 0.25) is 0 Å². The standard InChI is InChI=1S/C19H25F2N3O/c20-14-5-6-17(21)16(11-14)18(13-3-4-13)22-19(25)24-10-7-15(12-24)23-8-1-2-9-23/h5-6,11,13,15,18H,1-4,7-10,12H2,(H,22,25)/t15-,18+/m1/s1. The number of hydrogen-bond acceptors (Lipinski definition) is 2. The van der Waals surface area contributed by atoms with Gasteiger partial charge in [-0.2, -0.15) is 0 Å². The second-order valence-corrected chi connectivity index (χ2v) is 7.56. The molecule has 25 heavy (non-hydrogen) atoms. The lowest BCUT2D eigenvalue weighted by Crippen LogP contribution is -2.43. The molecule has 0 radical (unpaired) electrons. The topological polar surface area (TPSA) is 35.6 Å². The van der Waals surface area contributed by atoms with E-state index in [0.29, 0.717) is 6.04 Å². The van der Waals surface area contributed by atoms with Crippen LogP contribution in [-0.4, -0.2) is 48.1 Å². The van der Waals surface area contributed by atoms with Crippen molar-refractivity contribution in [1.82, 2.24) is 15.1 Å². The third kappa shape index (κ3) is 3.64. The van der Waals surface area contributed by atoms with Crippen LogP contribution in [0, 0.1) is 17.6 Å². The van der Waals surface area contributed by atoms with E-state index in [1.54, 1.807) is 0 Å². The maximum atomic E-state index is 14.2. The van der Waals surface area contributed by atoms with Crippen LogP contribution in [0.1, 0.15) is 43.7 Å². The average molecular weight is 349 g/mol. The highest BCUT2D eigenvalue weighted by atomic mass is 19.1. The van der Waals surface area contributed by atoms with Crippen LogP contribution in [0.5, 0.6) is 0 Å². The molecular formula is C19H25F2N3O. The molecule has 2 atom stereocenters. The molecule has 3 aliphatic rings. The van der Waals surface area contributed by atoms with Gasteiger partial charge in [-0.05, 0) is 69.3 Å². The van der Waals surface area contributed by atoms with E-state index in [1.165, 1.54) is 18.9 Å². The van der Waals surface area contributed by atoms with Crippen LogP contribution < -0.4 is 5.32 Å². The van der Waals surface area contributed by atoms with E-state index >= 15 is 0 Å². The number of hydrogen-bond donors (Lipinski definition) is 1. The van der Waals surface area contributed by atoms with Crippen molar-refractivity contribution in [1.29, 1.82) is 0 Å². The first-order valence-corrected chi connectivity index (χ1v) is 9.36. The first-order valence-electron chi connectivity index (χ1n) is 9.36. The van der Waals surface area contributed by atoms with Crippen molar-refractivity contribution in [3.8, 4) is 0 Å². The van der Waals surface area contributed by atoms with Gasteiger partial charge in [-0.3, -0.25) is 4.90 Å². The molecule has 1 aliphatic carbocycles. The number of amides is 2. The minimum Gasteiger partial charge on any atom is -0.331 e. The lowest BCUT2D eigenvalue weighted by atomic mass is 10.0. The molecule has 0 aromatic heterocycles. The second kappa shape index (κ2) is 6.90. The maximum absolute atomic E-state index is 14.2. The Labute approximate surface area is 147 Å². The quantitative estimate of drug-likeness (QED) is 0.905. The van der Waals surface area contributed by atoms with Gasteiger partial charge in [-0.25, -0.2) is 13.6 Å². The summed E-state index contributed by atoms with van der Waals surface area (Å²) in [6.07, 6.45) is 5.36. The first-order chi connectivity index (χ1) is 12.1. The predicted octanol–water partition coefficient (Wildman–Crippen LogP) is 3.30. The summed E-state index contributed by atoms with van der Waals surface area (Å²) in [5.41, 5.74) is 0.270. The van der Waals surface area contributed by atoms with Crippen LogP contribution >= 0.6 is 0 Å². The minimum atomic E-state index is -0.466. The van der Waals surface area contributed by atoms with Gasteiger partial charge >= 0.3 is 6.03 Å². The van der Waals surface area contributed by atoms with Crippen LogP contribution in [0.25, 0.3) is 0 Å². The third-order valence-corrected chi connectivity index (χ3v) is 5.77. The molecule has 136 valence electrons. The Morgan fingerprint density at radius 3 is 2.60 bits per heavy atom. The highest BCUT2D eigenvalue weighted by Gasteiger charge is 2.38. The molecule has 2 aliphatic heterocycles. The highest BCUT2D eigenvalue weighted by molar-refractivity contribution is 5.75. The third-order valence-electron chi connectivity index (χ3n) is 5.77. The van der Waals surface area contributed by atoms with Crippen molar-refractivity contribution in [2.24, 2.45) is 5.92 Å². The van der Waals surface area contributed by atoms with Crippen LogP contribution in [0.4, 0.5) is 13.6 Å². The molecule has 3 fully saturated rings. The van der Waals surface area contributed by atoms with Crippen molar-refractivity contribution >= 4 is 6.03 Å². The zero-order chi connectivity index (χ0) is 17.4. The number of nitrogens with zero attached hydrogens (tertiary/aromatic N) is 2. The van der Waals surface area contributed by atoms with Crippen LogP contribution in [-0.2, 0) is 0 Å². The zero-order valence-electron chi connectivity index (χ0n) is 14.4. The Balaban J connectivity index is 1.42. The Morgan fingerprint density at radius 2 is 1.88 bits per heavy atom. The summed E-state index contributed by atoms with van der Waals surface area (Å²) in [6.45, 7) is 3.71. The number of halogens is 2. The molecular weight excluding hydrogens is 324 g/mol. The van der Waals surface area contributed by atoms with Gasteiger partial charge < -0.3 is 10.2 Å². The van der Waals surface area contributed by atoms with Crippen molar-refractivity contribution in [2.75, 3.05) is 26.2 Å². The Morgan fingerprint density at radius 1 is 1.12 bits per heavy atom. The van der Waals surface area contributed by atoms with Crippen molar-refractivity contribution in [2.45, 2.75) is 44.2 Å². The average Bonchev–Trinajstić information content (AvgIpc) is 3.10. The lowest BCUT2D eigenvalue weighted by Gasteiger charge is -2.26. The lowest BCUT2D eigenvalue weighted by molar-refractivity contribution is 0.193. The van der Waals surface area contributed by atoms with E-state index in [2.05, 4.69) is 10.2 Å². The molecule has 2 heterocycles. The smallest absolute Gasteiger partial charge is 0.317 e. The second-order valence-electron chi connectivity index (χ2n) is 7.56. The summed E-state index contributed by atoms with van der Waals surface area (Å²) in [5.74, 6) is -0.709. The summed E-state index contributed by atoms with van der Waals surface area (Å²) in [7, 11) is 0. The van der Waals surface area contributed by atoms with Crippen molar-refractivity contribution < 1.29 is 13.6 Å². The van der Waals surface area contributed by atoms with Gasteiger partial charge in [0.15, 0.2) is 0 Å². The van der Waals surface area contributed by atoms with Gasteiger partial charge in [-0.1, -0.05) is 0 Å². The highest BCUT2D eigenvalue weighted by Crippen LogP contribution is 2.42. The molecule has 2 saturated heterocycles. The van der Waals surface area contributed by atoms with Gasteiger partial charge in [-0.15, -0.1) is 0 Å². The van der Waals surface area contributed by atoms with E-state index in [4.69, 9.17) is 0 Å². The molecule has 6 heteroatoms. The molecule has 4 rings (SSSR count). The molecule has 0 spiro atoms. The number of nitrogens with one attached hydrogen (secondary N) is 1. The molecule has 0 unspecified atom stereocenters. The summed E-state index contributed by atoms with van der Waals surface area (Å²) in [5, 5.41) is 2.98. The van der Waals surface area contributed by atoms with E-state index in [-0.39, 0.29) is 17.5 Å². The first kappa shape index (κ1) is 16.8. The number of likely N-dealkylation sites (tertiary alicyclic amines) is 2. The summed E-state index contributed by atoms with van der Waals surface area (Å²) in [6, 6.07) is 3.34. The summed E-state index contributed by atoms with van der Waals surface area (Å²) >= 11 is 0. The zero-order valence-corrected chi connectivity index (χ0v) is 14.4. The van der Waals surface area contributed by atoms with Gasteiger partial charge in [0.2, 0.25) is 0 Å². The number of carbonyl (C=O) groups is 1. The van der Waals surface area contributed by atoms with Crippen LogP contribution in [0.15, 0.2) is 18.2 Å². The van der Waals surface area contributed by atoms with Crippen molar-refractivity contribution in [3.63, 3.8) is 0 Å². The van der Waals surface area contributed by atoms with E-state index in [9.17, 15) is 13.6 Å².